The Hall–Kier alpha value is -1.13. The van der Waals surface area contributed by atoms with E-state index in [0.717, 1.165) is 12.0 Å². The van der Waals surface area contributed by atoms with Crippen LogP contribution >= 0.6 is 0 Å². The molecule has 1 aromatic rings. The maximum atomic E-state index is 13.4. The smallest absolute Gasteiger partial charge is 0.132 e. The van der Waals surface area contributed by atoms with Gasteiger partial charge in [0, 0.05) is 13.0 Å². The van der Waals surface area contributed by atoms with Crippen molar-refractivity contribution >= 4 is 0 Å². The molecule has 0 radical (unpaired) electrons. The fourth-order valence-corrected chi connectivity index (χ4v) is 1.68. The third-order valence-electron chi connectivity index (χ3n) is 2.40. The molecule has 3 nitrogen and oxygen atoms in total. The summed E-state index contributed by atoms with van der Waals surface area (Å²) >= 11 is 0. The van der Waals surface area contributed by atoms with Crippen LogP contribution in [0.3, 0.4) is 0 Å². The minimum atomic E-state index is -0.983. The Bertz CT molecular complexity index is 354. The maximum absolute atomic E-state index is 13.4. The number of halogens is 1. The standard InChI is InChI=1S/C10H12FNO2/c11-7-2-1-6-3-4-14-10(6)9(7)8(13)5-12/h1-2,8,13H,3-5,12H2. The average molecular weight is 197 g/mol. The van der Waals surface area contributed by atoms with Crippen LogP contribution in [0.25, 0.3) is 0 Å². The van der Waals surface area contributed by atoms with Crippen molar-refractivity contribution in [3.8, 4) is 5.75 Å². The van der Waals surface area contributed by atoms with E-state index in [1.54, 1.807) is 6.07 Å². The van der Waals surface area contributed by atoms with Crippen LogP contribution in [0.4, 0.5) is 4.39 Å². The molecule has 2 rings (SSSR count). The molecule has 0 bridgehead atoms. The molecule has 0 saturated heterocycles. The minimum Gasteiger partial charge on any atom is -0.492 e. The normalized spacial score (nSPS) is 16.2. The van der Waals surface area contributed by atoms with Crippen molar-refractivity contribution in [3.63, 3.8) is 0 Å². The van der Waals surface area contributed by atoms with Gasteiger partial charge in [0.2, 0.25) is 0 Å². The lowest BCUT2D eigenvalue weighted by molar-refractivity contribution is 0.176. The zero-order valence-electron chi connectivity index (χ0n) is 7.66. The number of aliphatic hydroxyl groups excluding tert-OH is 1. The predicted molar refractivity (Wildman–Crippen MR) is 49.6 cm³/mol. The van der Waals surface area contributed by atoms with Crippen molar-refractivity contribution in [2.45, 2.75) is 12.5 Å². The summed E-state index contributed by atoms with van der Waals surface area (Å²) in [6.45, 7) is 0.541. The van der Waals surface area contributed by atoms with Crippen LogP contribution in [0.5, 0.6) is 5.75 Å². The third-order valence-corrected chi connectivity index (χ3v) is 2.40. The molecule has 1 atom stereocenters. The molecule has 1 heterocycles. The van der Waals surface area contributed by atoms with E-state index in [2.05, 4.69) is 0 Å². The summed E-state index contributed by atoms with van der Waals surface area (Å²) in [4.78, 5) is 0. The van der Waals surface area contributed by atoms with Gasteiger partial charge in [-0.15, -0.1) is 0 Å². The first-order valence-electron chi connectivity index (χ1n) is 4.56. The average Bonchev–Trinajstić information content (AvgIpc) is 2.64. The SMILES string of the molecule is NCC(O)c1c(F)ccc2c1OCC2. The number of benzene rings is 1. The van der Waals surface area contributed by atoms with Crippen molar-refractivity contribution in [2.24, 2.45) is 5.73 Å². The lowest BCUT2D eigenvalue weighted by Crippen LogP contribution is -2.14. The number of ether oxygens (including phenoxy) is 1. The molecule has 0 amide bonds. The summed E-state index contributed by atoms with van der Waals surface area (Å²) in [5.41, 5.74) is 6.43. The van der Waals surface area contributed by atoms with Gasteiger partial charge in [0.15, 0.2) is 0 Å². The van der Waals surface area contributed by atoms with E-state index in [-0.39, 0.29) is 12.1 Å². The Morgan fingerprint density at radius 2 is 2.36 bits per heavy atom. The number of hydrogen-bond donors (Lipinski definition) is 2. The molecule has 0 aromatic heterocycles. The summed E-state index contributed by atoms with van der Waals surface area (Å²) in [6, 6.07) is 3.03. The molecule has 14 heavy (non-hydrogen) atoms. The maximum Gasteiger partial charge on any atom is 0.132 e. The first-order valence-corrected chi connectivity index (χ1v) is 4.56. The van der Waals surface area contributed by atoms with Crippen LogP contribution in [0.2, 0.25) is 0 Å². The van der Waals surface area contributed by atoms with Crippen molar-refractivity contribution in [1.82, 2.24) is 0 Å². The Morgan fingerprint density at radius 1 is 1.57 bits per heavy atom. The molecule has 0 aliphatic carbocycles. The zero-order chi connectivity index (χ0) is 10.1. The summed E-state index contributed by atoms with van der Waals surface area (Å²) in [6.07, 6.45) is -0.219. The summed E-state index contributed by atoms with van der Waals surface area (Å²) < 4.78 is 18.7. The van der Waals surface area contributed by atoms with Crippen LogP contribution in [-0.4, -0.2) is 18.3 Å². The summed E-state index contributed by atoms with van der Waals surface area (Å²) in [5, 5.41) is 9.53. The number of rotatable bonds is 2. The fraction of sp³-hybridized carbons (Fsp3) is 0.400. The van der Waals surface area contributed by atoms with Crippen molar-refractivity contribution in [1.29, 1.82) is 0 Å². The monoisotopic (exact) mass is 197 g/mol. The van der Waals surface area contributed by atoms with E-state index >= 15 is 0 Å². The molecule has 0 fully saturated rings. The van der Waals surface area contributed by atoms with Gasteiger partial charge in [-0.3, -0.25) is 0 Å². The van der Waals surface area contributed by atoms with Gasteiger partial charge in [0.05, 0.1) is 18.3 Å². The number of hydrogen-bond acceptors (Lipinski definition) is 3. The molecule has 1 aromatic carbocycles. The quantitative estimate of drug-likeness (QED) is 0.735. The molecule has 76 valence electrons. The van der Waals surface area contributed by atoms with Crippen LogP contribution in [-0.2, 0) is 6.42 Å². The summed E-state index contributed by atoms with van der Waals surface area (Å²) in [5.74, 6) is 0.0200. The number of aliphatic hydroxyl groups is 1. The van der Waals surface area contributed by atoms with Gasteiger partial charge in [-0.05, 0) is 11.6 Å². The van der Waals surface area contributed by atoms with Crippen LogP contribution < -0.4 is 10.5 Å². The van der Waals surface area contributed by atoms with Gasteiger partial charge in [0.25, 0.3) is 0 Å². The molecular weight excluding hydrogens is 185 g/mol. The van der Waals surface area contributed by atoms with Crippen LogP contribution in [0, 0.1) is 5.82 Å². The van der Waals surface area contributed by atoms with Gasteiger partial charge < -0.3 is 15.6 Å². The van der Waals surface area contributed by atoms with E-state index in [1.807, 2.05) is 0 Å². The number of nitrogens with two attached hydrogens (primary N) is 1. The van der Waals surface area contributed by atoms with Gasteiger partial charge >= 0.3 is 0 Å². The van der Waals surface area contributed by atoms with E-state index in [9.17, 15) is 9.50 Å². The molecule has 3 N–H and O–H groups in total. The van der Waals surface area contributed by atoms with E-state index in [0.29, 0.717) is 12.4 Å². The number of fused-ring (bicyclic) bond motifs is 1. The highest BCUT2D eigenvalue weighted by molar-refractivity contribution is 5.46. The topological polar surface area (TPSA) is 55.5 Å². The molecule has 1 unspecified atom stereocenters. The van der Waals surface area contributed by atoms with E-state index < -0.39 is 11.9 Å². The van der Waals surface area contributed by atoms with Gasteiger partial charge in [0.1, 0.15) is 11.6 Å². The van der Waals surface area contributed by atoms with Crippen molar-refractivity contribution < 1.29 is 14.2 Å². The molecule has 0 saturated carbocycles. The fourth-order valence-electron chi connectivity index (χ4n) is 1.68. The summed E-state index contributed by atoms with van der Waals surface area (Å²) in [7, 11) is 0. The Kier molecular flexibility index (Phi) is 2.39. The van der Waals surface area contributed by atoms with Crippen molar-refractivity contribution in [3.05, 3.63) is 29.1 Å². The van der Waals surface area contributed by atoms with Crippen molar-refractivity contribution in [2.75, 3.05) is 13.2 Å². The second kappa shape index (κ2) is 3.55. The predicted octanol–water partition coefficient (Wildman–Crippen LogP) is 0.753. The largest absolute Gasteiger partial charge is 0.492 e. The second-order valence-electron chi connectivity index (χ2n) is 3.30. The second-order valence-corrected chi connectivity index (χ2v) is 3.30. The highest BCUT2D eigenvalue weighted by Gasteiger charge is 2.23. The Labute approximate surface area is 81.3 Å². The van der Waals surface area contributed by atoms with Gasteiger partial charge in [-0.25, -0.2) is 4.39 Å². The van der Waals surface area contributed by atoms with Gasteiger partial charge in [-0.2, -0.15) is 0 Å². The zero-order valence-corrected chi connectivity index (χ0v) is 7.66. The molecule has 1 aliphatic heterocycles. The first kappa shape index (κ1) is 9.43. The Morgan fingerprint density at radius 3 is 3.07 bits per heavy atom. The van der Waals surface area contributed by atoms with Crippen LogP contribution in [0.1, 0.15) is 17.2 Å². The first-order chi connectivity index (χ1) is 6.74. The highest BCUT2D eigenvalue weighted by Crippen LogP contribution is 2.35. The molecule has 4 heteroatoms. The van der Waals surface area contributed by atoms with Gasteiger partial charge in [-0.1, -0.05) is 6.07 Å². The van der Waals surface area contributed by atoms with Crippen LogP contribution in [0.15, 0.2) is 12.1 Å². The lowest BCUT2D eigenvalue weighted by atomic mass is 10.0. The molecular formula is C10H12FNO2. The third kappa shape index (κ3) is 1.36. The Balaban J connectivity index is 2.51. The van der Waals surface area contributed by atoms with E-state index in [4.69, 9.17) is 10.5 Å². The lowest BCUT2D eigenvalue weighted by Gasteiger charge is -2.13. The molecule has 0 spiro atoms. The minimum absolute atomic E-state index is 0.00324. The molecule has 1 aliphatic rings. The van der Waals surface area contributed by atoms with E-state index in [1.165, 1.54) is 6.07 Å². The highest BCUT2D eigenvalue weighted by atomic mass is 19.1.